The summed E-state index contributed by atoms with van der Waals surface area (Å²) in [6, 6.07) is 8.14. The second-order valence-electron chi connectivity index (χ2n) is 7.46. The van der Waals surface area contributed by atoms with Crippen LogP contribution >= 0.6 is 19.6 Å². The Morgan fingerprint density at radius 1 is 0.857 bits per heavy atom. The summed E-state index contributed by atoms with van der Waals surface area (Å²) in [5.41, 5.74) is 4.17. The molecule has 2 aromatic carbocycles. The highest BCUT2D eigenvalue weighted by atomic mass is 32.2. The van der Waals surface area contributed by atoms with E-state index in [9.17, 15) is 9.46 Å². The molecule has 0 saturated heterocycles. The van der Waals surface area contributed by atoms with Gasteiger partial charge in [0.25, 0.3) is 0 Å². The van der Waals surface area contributed by atoms with Gasteiger partial charge in [0, 0.05) is 0 Å². The number of unbranched alkanes of at least 4 members (excludes halogenated alkanes) is 2. The average Bonchev–Trinajstić information content (AvgIpc) is 2.61. The number of fused-ring (bicyclic) bond motifs is 2. The van der Waals surface area contributed by atoms with Crippen LogP contribution in [0.5, 0.6) is 11.5 Å². The second-order valence-corrected chi connectivity index (χ2v) is 9.85. The molecular formula is C22H29O4PS. The molecule has 0 aliphatic carbocycles. The molecule has 4 nitrogen and oxygen atoms in total. The Morgan fingerprint density at radius 3 is 1.68 bits per heavy atom. The molecule has 152 valence electrons. The number of benzene rings is 2. The SMILES string of the molecule is CCCCc1cc(C)cc2c1OP(=O)(O)Oc1c(CCCC)cc(C)cc1S2. The van der Waals surface area contributed by atoms with Crippen molar-refractivity contribution in [3.63, 3.8) is 0 Å². The van der Waals surface area contributed by atoms with Crippen LogP contribution in [-0.4, -0.2) is 4.89 Å². The van der Waals surface area contributed by atoms with Crippen molar-refractivity contribution in [1.82, 2.24) is 0 Å². The normalized spacial score (nSPS) is 14.9. The van der Waals surface area contributed by atoms with Crippen LogP contribution in [0.15, 0.2) is 34.1 Å². The summed E-state index contributed by atoms with van der Waals surface area (Å²) < 4.78 is 24.1. The summed E-state index contributed by atoms with van der Waals surface area (Å²) in [5.74, 6) is 0.967. The lowest BCUT2D eigenvalue weighted by Crippen LogP contribution is -2.08. The highest BCUT2D eigenvalue weighted by Crippen LogP contribution is 2.55. The first-order chi connectivity index (χ1) is 13.3. The average molecular weight is 421 g/mol. The van der Waals surface area contributed by atoms with Crippen molar-refractivity contribution in [3.8, 4) is 11.5 Å². The molecule has 0 unspecified atom stereocenters. The van der Waals surface area contributed by atoms with Crippen molar-refractivity contribution in [2.75, 3.05) is 0 Å². The first kappa shape index (κ1) is 21.3. The molecule has 0 spiro atoms. The maximum atomic E-state index is 12.9. The van der Waals surface area contributed by atoms with Gasteiger partial charge in [-0.1, -0.05) is 50.6 Å². The minimum atomic E-state index is -4.28. The summed E-state index contributed by atoms with van der Waals surface area (Å²) in [6.07, 6.45) is 5.71. The monoisotopic (exact) mass is 420 g/mol. The number of phosphoric acid groups is 1. The Kier molecular flexibility index (Phi) is 6.80. The Bertz CT molecular complexity index is 840. The minimum absolute atomic E-state index is 0.483. The van der Waals surface area contributed by atoms with Gasteiger partial charge < -0.3 is 9.05 Å². The molecule has 6 heteroatoms. The third-order valence-electron chi connectivity index (χ3n) is 4.78. The van der Waals surface area contributed by atoms with Gasteiger partial charge in [-0.2, -0.15) is 0 Å². The standard InChI is InChI=1S/C22H29O4PS/c1-5-7-9-17-11-15(3)13-19-21(17)25-27(23,24)26-22-18(10-8-6-2)12-16(4)14-20(22)28-19/h11-14H,5-10H2,1-4H3,(H,23,24). The highest BCUT2D eigenvalue weighted by Gasteiger charge is 2.33. The largest absolute Gasteiger partial charge is 0.584 e. The third kappa shape index (κ3) is 4.94. The van der Waals surface area contributed by atoms with Crippen LogP contribution in [0.4, 0.5) is 0 Å². The Hall–Kier alpha value is -1.42. The van der Waals surface area contributed by atoms with Crippen LogP contribution in [0.3, 0.4) is 0 Å². The summed E-state index contributed by atoms with van der Waals surface area (Å²) in [7, 11) is -4.28. The van der Waals surface area contributed by atoms with Gasteiger partial charge in [-0.25, -0.2) is 4.57 Å². The van der Waals surface area contributed by atoms with Crippen LogP contribution in [0.2, 0.25) is 0 Å². The number of rotatable bonds is 6. The van der Waals surface area contributed by atoms with Crippen molar-refractivity contribution in [3.05, 3.63) is 46.5 Å². The van der Waals surface area contributed by atoms with Gasteiger partial charge in [0.1, 0.15) is 11.5 Å². The molecule has 0 saturated carbocycles. The third-order valence-corrected chi connectivity index (χ3v) is 6.66. The van der Waals surface area contributed by atoms with Crippen LogP contribution in [0.25, 0.3) is 0 Å². The number of hydrogen-bond acceptors (Lipinski definition) is 4. The molecule has 1 N–H and O–H groups in total. The first-order valence-corrected chi connectivity index (χ1v) is 12.3. The highest BCUT2D eigenvalue weighted by molar-refractivity contribution is 7.99. The Morgan fingerprint density at radius 2 is 1.29 bits per heavy atom. The maximum absolute atomic E-state index is 12.9. The molecule has 0 atom stereocenters. The van der Waals surface area contributed by atoms with Crippen molar-refractivity contribution in [1.29, 1.82) is 0 Å². The molecule has 1 heterocycles. The molecular weight excluding hydrogens is 391 g/mol. The molecule has 1 aliphatic rings. The van der Waals surface area contributed by atoms with Crippen LogP contribution in [0, 0.1) is 13.8 Å². The van der Waals surface area contributed by atoms with Crippen molar-refractivity contribution in [2.24, 2.45) is 0 Å². The lowest BCUT2D eigenvalue weighted by molar-refractivity contribution is 0.283. The fourth-order valence-electron chi connectivity index (χ4n) is 3.46. The minimum Gasteiger partial charge on any atom is -0.394 e. The summed E-state index contributed by atoms with van der Waals surface area (Å²) in [5, 5.41) is 0. The van der Waals surface area contributed by atoms with E-state index in [2.05, 4.69) is 13.8 Å². The molecule has 0 aromatic heterocycles. The van der Waals surface area contributed by atoms with E-state index < -0.39 is 7.82 Å². The summed E-state index contributed by atoms with van der Waals surface area (Å²) in [4.78, 5) is 12.3. The van der Waals surface area contributed by atoms with Crippen molar-refractivity contribution >= 4 is 19.6 Å². The lowest BCUT2D eigenvalue weighted by atomic mass is 10.0. The van der Waals surface area contributed by atoms with Gasteiger partial charge in [-0.15, -0.1) is 0 Å². The van der Waals surface area contributed by atoms with E-state index >= 15 is 0 Å². The van der Waals surface area contributed by atoms with Crippen LogP contribution in [0.1, 0.15) is 61.8 Å². The Labute approximate surface area is 172 Å². The fraction of sp³-hybridized carbons (Fsp3) is 0.455. The van der Waals surface area contributed by atoms with E-state index in [1.807, 2.05) is 38.1 Å². The number of hydrogen-bond donors (Lipinski definition) is 1. The van der Waals surface area contributed by atoms with Crippen molar-refractivity contribution < 1.29 is 18.5 Å². The van der Waals surface area contributed by atoms with Crippen molar-refractivity contribution in [2.45, 2.75) is 76.0 Å². The zero-order chi connectivity index (χ0) is 20.3. The van der Waals surface area contributed by atoms with Gasteiger partial charge >= 0.3 is 7.82 Å². The molecule has 3 rings (SSSR count). The predicted molar refractivity (Wildman–Crippen MR) is 115 cm³/mol. The lowest BCUT2D eigenvalue weighted by Gasteiger charge is -2.25. The Balaban J connectivity index is 2.15. The van der Waals surface area contributed by atoms with Gasteiger partial charge in [0.2, 0.25) is 0 Å². The molecule has 28 heavy (non-hydrogen) atoms. The summed E-state index contributed by atoms with van der Waals surface area (Å²) >= 11 is 1.56. The smallest absolute Gasteiger partial charge is 0.394 e. The van der Waals surface area contributed by atoms with Gasteiger partial charge in [0.05, 0.1) is 9.79 Å². The topological polar surface area (TPSA) is 55.8 Å². The van der Waals surface area contributed by atoms with E-state index in [1.165, 1.54) is 0 Å². The number of phosphoric ester groups is 1. The summed E-state index contributed by atoms with van der Waals surface area (Å²) in [6.45, 7) is 8.36. The van der Waals surface area contributed by atoms with Gasteiger partial charge in [-0.05, 0) is 73.9 Å². The van der Waals surface area contributed by atoms with Gasteiger partial charge in [0.15, 0.2) is 0 Å². The molecule has 0 radical (unpaired) electrons. The zero-order valence-electron chi connectivity index (χ0n) is 17.1. The van der Waals surface area contributed by atoms with Crippen LogP contribution < -0.4 is 9.05 Å². The molecule has 1 aliphatic heterocycles. The first-order valence-electron chi connectivity index (χ1n) is 9.99. The molecule has 0 amide bonds. The fourth-order valence-corrected chi connectivity index (χ4v) is 5.77. The molecule has 0 fully saturated rings. The van der Waals surface area contributed by atoms with E-state index in [-0.39, 0.29) is 0 Å². The van der Waals surface area contributed by atoms with Crippen LogP contribution in [-0.2, 0) is 17.4 Å². The van der Waals surface area contributed by atoms with E-state index in [1.54, 1.807) is 11.8 Å². The maximum Gasteiger partial charge on any atom is 0.584 e. The predicted octanol–water partition coefficient (Wildman–Crippen LogP) is 7.01. The van der Waals surface area contributed by atoms with E-state index in [0.29, 0.717) is 11.5 Å². The number of aryl methyl sites for hydroxylation is 4. The van der Waals surface area contributed by atoms with E-state index in [4.69, 9.17) is 9.05 Å². The quantitative estimate of drug-likeness (QED) is 0.509. The molecule has 2 aromatic rings. The zero-order valence-corrected chi connectivity index (χ0v) is 18.8. The second kappa shape index (κ2) is 8.94. The molecule has 0 bridgehead atoms. The van der Waals surface area contributed by atoms with E-state index in [0.717, 1.165) is 70.6 Å². The van der Waals surface area contributed by atoms with Gasteiger partial charge in [-0.3, -0.25) is 4.89 Å².